The molecule has 11 heteroatoms. The standard InChI is InChI=1S/C13H14O10S/c1-2-7(15)20-4-8(16)21-9-11(5-14)3-6-13(23-11)10(12(9,13)17)22-24(6,18)19/h2,6,9-10,14,17H,1,3-5H2. The Labute approximate surface area is 136 Å². The van der Waals surface area contributed by atoms with Crippen molar-refractivity contribution in [2.24, 2.45) is 0 Å². The normalized spacial score (nSPS) is 48.7. The molecule has 24 heavy (non-hydrogen) atoms. The first-order valence-corrected chi connectivity index (χ1v) is 8.59. The van der Waals surface area contributed by atoms with E-state index < -0.39 is 69.5 Å². The van der Waals surface area contributed by atoms with Gasteiger partial charge in [-0.1, -0.05) is 6.58 Å². The topological polar surface area (TPSA) is 146 Å². The molecule has 3 aliphatic heterocycles. The van der Waals surface area contributed by atoms with E-state index in [1.165, 1.54) is 0 Å². The molecular weight excluding hydrogens is 348 g/mol. The fraction of sp³-hybridized carbons (Fsp3) is 0.692. The van der Waals surface area contributed by atoms with Crippen LogP contribution in [0.15, 0.2) is 12.7 Å². The first-order chi connectivity index (χ1) is 11.2. The van der Waals surface area contributed by atoms with Crippen molar-refractivity contribution in [2.75, 3.05) is 13.2 Å². The molecule has 10 nitrogen and oxygen atoms in total. The number of aliphatic hydroxyl groups is 2. The third-order valence-electron chi connectivity index (χ3n) is 5.19. The zero-order valence-corrected chi connectivity index (χ0v) is 13.0. The summed E-state index contributed by atoms with van der Waals surface area (Å²) in [6.07, 6.45) is -1.82. The number of aliphatic hydroxyl groups excluding tert-OH is 1. The number of carbonyl (C=O) groups excluding carboxylic acids is 2. The number of hydrogen-bond acceptors (Lipinski definition) is 10. The van der Waals surface area contributed by atoms with E-state index in [-0.39, 0.29) is 6.42 Å². The van der Waals surface area contributed by atoms with Gasteiger partial charge in [0, 0.05) is 12.5 Å². The zero-order valence-electron chi connectivity index (χ0n) is 12.2. The molecule has 6 atom stereocenters. The Bertz CT molecular complexity index is 759. The summed E-state index contributed by atoms with van der Waals surface area (Å²) in [7, 11) is -3.92. The largest absolute Gasteiger partial charge is 0.453 e. The van der Waals surface area contributed by atoms with E-state index in [1.54, 1.807) is 0 Å². The van der Waals surface area contributed by atoms with E-state index in [0.717, 1.165) is 6.08 Å². The lowest BCUT2D eigenvalue weighted by molar-refractivity contribution is -0.186. The molecule has 6 unspecified atom stereocenters. The number of carbonyl (C=O) groups is 2. The summed E-state index contributed by atoms with van der Waals surface area (Å²) in [5.41, 5.74) is -4.93. The van der Waals surface area contributed by atoms with Crippen LogP contribution in [0.2, 0.25) is 0 Å². The van der Waals surface area contributed by atoms with Crippen LogP contribution in [0.5, 0.6) is 0 Å². The van der Waals surface area contributed by atoms with Gasteiger partial charge in [-0.25, -0.2) is 9.59 Å². The maximum Gasteiger partial charge on any atom is 0.344 e. The highest BCUT2D eigenvalue weighted by molar-refractivity contribution is 7.87. The lowest BCUT2D eigenvalue weighted by Gasteiger charge is -2.37. The highest BCUT2D eigenvalue weighted by atomic mass is 32.2. The van der Waals surface area contributed by atoms with Gasteiger partial charge in [0.15, 0.2) is 23.9 Å². The van der Waals surface area contributed by atoms with Crippen LogP contribution in [0, 0.1) is 0 Å². The third kappa shape index (κ3) is 1.52. The Morgan fingerprint density at radius 2 is 2.12 bits per heavy atom. The van der Waals surface area contributed by atoms with Crippen LogP contribution >= 0.6 is 0 Å². The van der Waals surface area contributed by atoms with Gasteiger partial charge >= 0.3 is 11.9 Å². The van der Waals surface area contributed by atoms with E-state index in [9.17, 15) is 28.2 Å². The van der Waals surface area contributed by atoms with Crippen molar-refractivity contribution in [1.29, 1.82) is 0 Å². The van der Waals surface area contributed by atoms with Gasteiger partial charge in [0.05, 0.1) is 6.61 Å². The Morgan fingerprint density at radius 3 is 2.75 bits per heavy atom. The van der Waals surface area contributed by atoms with Crippen molar-refractivity contribution in [3.05, 3.63) is 12.7 Å². The molecule has 2 N–H and O–H groups in total. The van der Waals surface area contributed by atoms with Gasteiger partial charge in [0.1, 0.15) is 17.0 Å². The van der Waals surface area contributed by atoms with Crippen LogP contribution in [0.3, 0.4) is 0 Å². The zero-order chi connectivity index (χ0) is 17.5. The van der Waals surface area contributed by atoms with E-state index >= 15 is 0 Å². The van der Waals surface area contributed by atoms with Crippen molar-refractivity contribution >= 4 is 22.1 Å². The van der Waals surface area contributed by atoms with Gasteiger partial charge in [0.2, 0.25) is 0 Å². The predicted octanol–water partition coefficient (Wildman–Crippen LogP) is -2.63. The number of rotatable bonds is 5. The Kier molecular flexibility index (Phi) is 2.89. The molecule has 4 fully saturated rings. The predicted molar refractivity (Wildman–Crippen MR) is 71.8 cm³/mol. The van der Waals surface area contributed by atoms with Gasteiger partial charge in [-0.3, -0.25) is 4.18 Å². The smallest absolute Gasteiger partial charge is 0.344 e. The molecule has 0 aromatic heterocycles. The summed E-state index contributed by atoms with van der Waals surface area (Å²) in [6, 6.07) is 0. The van der Waals surface area contributed by atoms with Crippen LogP contribution in [-0.2, 0) is 38.1 Å². The summed E-state index contributed by atoms with van der Waals surface area (Å²) in [5.74, 6) is -1.81. The lowest BCUT2D eigenvalue weighted by atomic mass is 9.83. The quantitative estimate of drug-likeness (QED) is 0.302. The number of hydrogen-bond donors (Lipinski definition) is 2. The summed E-state index contributed by atoms with van der Waals surface area (Å²) in [5, 5.41) is 19.3. The van der Waals surface area contributed by atoms with E-state index in [1.807, 2.05) is 0 Å². The van der Waals surface area contributed by atoms with Crippen LogP contribution in [0.4, 0.5) is 0 Å². The first kappa shape index (κ1) is 16.0. The minimum absolute atomic E-state index is 0.172. The Hall–Kier alpha value is -1.53. The van der Waals surface area contributed by atoms with Gasteiger partial charge in [0.25, 0.3) is 10.1 Å². The first-order valence-electron chi connectivity index (χ1n) is 7.12. The molecular formula is C13H14O10S. The van der Waals surface area contributed by atoms with Crippen LogP contribution < -0.4 is 0 Å². The molecule has 1 spiro atoms. The molecule has 132 valence electrons. The lowest BCUT2D eigenvalue weighted by Crippen LogP contribution is -2.58. The minimum Gasteiger partial charge on any atom is -0.453 e. The Morgan fingerprint density at radius 1 is 1.42 bits per heavy atom. The molecule has 0 amide bonds. The van der Waals surface area contributed by atoms with E-state index in [2.05, 4.69) is 11.3 Å². The maximum atomic E-state index is 11.9. The second-order valence-electron chi connectivity index (χ2n) is 6.29. The molecule has 3 heterocycles. The summed E-state index contributed by atoms with van der Waals surface area (Å²) >= 11 is 0. The van der Waals surface area contributed by atoms with Crippen LogP contribution in [0.1, 0.15) is 6.42 Å². The number of ether oxygens (including phenoxy) is 3. The second-order valence-corrected chi connectivity index (χ2v) is 8.03. The average molecular weight is 362 g/mol. The van der Waals surface area contributed by atoms with Gasteiger partial charge in [-0.15, -0.1) is 0 Å². The van der Waals surface area contributed by atoms with Crippen molar-refractivity contribution < 1.29 is 46.6 Å². The summed E-state index contributed by atoms with van der Waals surface area (Å²) < 4.78 is 44.0. The van der Waals surface area contributed by atoms with E-state index in [0.29, 0.717) is 0 Å². The molecule has 1 saturated carbocycles. The van der Waals surface area contributed by atoms with Crippen molar-refractivity contribution in [1.82, 2.24) is 0 Å². The number of fused-ring (bicyclic) bond motifs is 2. The van der Waals surface area contributed by atoms with Gasteiger partial charge < -0.3 is 24.4 Å². The molecule has 0 aromatic rings. The molecule has 4 rings (SSSR count). The van der Waals surface area contributed by atoms with Gasteiger partial charge in [-0.05, 0) is 0 Å². The van der Waals surface area contributed by atoms with Crippen molar-refractivity contribution in [3.63, 3.8) is 0 Å². The highest BCUT2D eigenvalue weighted by Gasteiger charge is 3.02. The molecule has 0 radical (unpaired) electrons. The molecule has 2 bridgehead atoms. The maximum absolute atomic E-state index is 11.9. The monoisotopic (exact) mass is 362 g/mol. The third-order valence-corrected chi connectivity index (χ3v) is 6.86. The average Bonchev–Trinajstić information content (AvgIpc) is 2.86. The second kappa shape index (κ2) is 4.35. The fourth-order valence-corrected chi connectivity index (χ4v) is 6.18. The van der Waals surface area contributed by atoms with Crippen LogP contribution in [0.25, 0.3) is 0 Å². The molecule has 1 aliphatic carbocycles. The SMILES string of the molecule is C=CC(=O)OCC(=O)OC1C2(CO)CC3C4(O2)C(OS3(=O)=O)C14O. The van der Waals surface area contributed by atoms with Crippen molar-refractivity contribution in [2.45, 2.75) is 40.7 Å². The molecule has 4 aliphatic rings. The Balaban J connectivity index is 1.57. The van der Waals surface area contributed by atoms with E-state index in [4.69, 9.17) is 13.7 Å². The molecule has 3 saturated heterocycles. The van der Waals surface area contributed by atoms with Gasteiger partial charge in [-0.2, -0.15) is 8.42 Å². The molecule has 0 aromatic carbocycles. The highest BCUT2D eigenvalue weighted by Crippen LogP contribution is 2.77. The summed E-state index contributed by atoms with van der Waals surface area (Å²) in [6.45, 7) is 1.80. The van der Waals surface area contributed by atoms with Crippen molar-refractivity contribution in [3.8, 4) is 0 Å². The summed E-state index contributed by atoms with van der Waals surface area (Å²) in [4.78, 5) is 22.8. The minimum atomic E-state index is -3.92. The fourth-order valence-electron chi connectivity index (χ4n) is 4.21. The van der Waals surface area contributed by atoms with Crippen LogP contribution in [-0.4, -0.2) is 78.0 Å². The number of esters is 2.